The third-order valence-corrected chi connectivity index (χ3v) is 1.87. The van der Waals surface area contributed by atoms with Gasteiger partial charge in [-0.05, 0) is 18.2 Å². The second-order valence-corrected chi connectivity index (χ2v) is 3.21. The Labute approximate surface area is 98.3 Å². The first-order valence-electron chi connectivity index (χ1n) is 3.99. The lowest BCUT2D eigenvalue weighted by atomic mass is 10.2. The van der Waals surface area contributed by atoms with E-state index in [-0.39, 0.29) is 31.2 Å². The van der Waals surface area contributed by atoms with Crippen LogP contribution >= 0.6 is 24.0 Å². The maximum absolute atomic E-state index is 10.2. The maximum atomic E-state index is 10.2. The minimum Gasteiger partial charge on any atom is -0.508 e. The molecule has 0 saturated heterocycles. The lowest BCUT2D eigenvalue weighted by molar-refractivity contribution is -0.136. The number of aromatic hydroxyl groups is 1. The molecule has 0 aliphatic heterocycles. The van der Waals surface area contributed by atoms with E-state index < -0.39 is 5.97 Å². The van der Waals surface area contributed by atoms with Crippen molar-refractivity contribution < 1.29 is 15.0 Å². The highest BCUT2D eigenvalue weighted by Crippen LogP contribution is 2.20. The van der Waals surface area contributed by atoms with Gasteiger partial charge in [0.1, 0.15) is 5.75 Å². The van der Waals surface area contributed by atoms with Crippen molar-refractivity contribution in [3.63, 3.8) is 0 Å². The van der Waals surface area contributed by atoms with Gasteiger partial charge in [-0.3, -0.25) is 4.79 Å². The van der Waals surface area contributed by atoms with E-state index in [0.717, 1.165) is 0 Å². The Morgan fingerprint density at radius 2 is 2.13 bits per heavy atom. The van der Waals surface area contributed by atoms with Crippen molar-refractivity contribution in [2.75, 3.05) is 6.54 Å². The number of benzene rings is 1. The van der Waals surface area contributed by atoms with Gasteiger partial charge in [0.25, 0.3) is 0 Å². The minimum absolute atomic E-state index is 0. The summed E-state index contributed by atoms with van der Waals surface area (Å²) in [4.78, 5) is 10.2. The average molecular weight is 252 g/mol. The van der Waals surface area contributed by atoms with Gasteiger partial charge < -0.3 is 15.5 Å². The summed E-state index contributed by atoms with van der Waals surface area (Å²) in [5.41, 5.74) is 0.582. The van der Waals surface area contributed by atoms with Gasteiger partial charge in [0.2, 0.25) is 0 Å². The fourth-order valence-corrected chi connectivity index (χ4v) is 1.19. The first-order chi connectivity index (χ1) is 6.59. The van der Waals surface area contributed by atoms with E-state index in [4.69, 9.17) is 16.7 Å². The number of carboxylic acids is 1. The van der Waals surface area contributed by atoms with Crippen molar-refractivity contribution in [1.29, 1.82) is 0 Å². The Morgan fingerprint density at radius 1 is 1.47 bits per heavy atom. The molecule has 4 nitrogen and oxygen atoms in total. The fourth-order valence-electron chi connectivity index (χ4n) is 1.000. The fraction of sp³-hybridized carbons (Fsp3) is 0.222. The molecule has 15 heavy (non-hydrogen) atoms. The van der Waals surface area contributed by atoms with Crippen LogP contribution in [0.4, 0.5) is 0 Å². The zero-order chi connectivity index (χ0) is 10.6. The number of aliphatic carboxylic acids is 1. The molecule has 0 heterocycles. The first-order valence-corrected chi connectivity index (χ1v) is 4.37. The highest BCUT2D eigenvalue weighted by atomic mass is 35.5. The van der Waals surface area contributed by atoms with Crippen LogP contribution < -0.4 is 5.32 Å². The molecule has 3 N–H and O–H groups in total. The highest BCUT2D eigenvalue weighted by molar-refractivity contribution is 6.30. The lowest BCUT2D eigenvalue weighted by Gasteiger charge is -2.05. The summed E-state index contributed by atoms with van der Waals surface area (Å²) < 4.78 is 0. The zero-order valence-corrected chi connectivity index (χ0v) is 9.31. The van der Waals surface area contributed by atoms with Gasteiger partial charge in [-0.25, -0.2) is 0 Å². The van der Waals surface area contributed by atoms with Crippen LogP contribution in [0.3, 0.4) is 0 Å². The monoisotopic (exact) mass is 251 g/mol. The van der Waals surface area contributed by atoms with Gasteiger partial charge >= 0.3 is 5.97 Å². The van der Waals surface area contributed by atoms with Gasteiger partial charge in [0, 0.05) is 17.1 Å². The smallest absolute Gasteiger partial charge is 0.317 e. The molecule has 1 aromatic rings. The quantitative estimate of drug-likeness (QED) is 0.761. The second kappa shape index (κ2) is 6.50. The van der Waals surface area contributed by atoms with Gasteiger partial charge in [-0.1, -0.05) is 11.6 Å². The summed E-state index contributed by atoms with van der Waals surface area (Å²) in [5.74, 6) is -0.834. The molecule has 1 aromatic carbocycles. The lowest BCUT2D eigenvalue weighted by Crippen LogP contribution is -2.21. The molecule has 0 aliphatic rings. The molecule has 0 atom stereocenters. The molecule has 1 rings (SSSR count). The Morgan fingerprint density at radius 3 is 2.73 bits per heavy atom. The van der Waals surface area contributed by atoms with Crippen molar-refractivity contribution >= 4 is 30.0 Å². The molecule has 84 valence electrons. The van der Waals surface area contributed by atoms with Crippen LogP contribution in [0.2, 0.25) is 5.02 Å². The Kier molecular flexibility index (Phi) is 6.08. The predicted molar refractivity (Wildman–Crippen MR) is 59.7 cm³/mol. The van der Waals surface area contributed by atoms with Crippen LogP contribution in [0.25, 0.3) is 0 Å². The van der Waals surface area contributed by atoms with E-state index in [1.807, 2.05) is 0 Å². The normalized spacial score (nSPS) is 9.40. The van der Waals surface area contributed by atoms with Gasteiger partial charge in [0.05, 0.1) is 6.54 Å². The molecular weight excluding hydrogens is 241 g/mol. The van der Waals surface area contributed by atoms with E-state index in [2.05, 4.69) is 5.32 Å². The maximum Gasteiger partial charge on any atom is 0.317 e. The number of rotatable bonds is 4. The van der Waals surface area contributed by atoms with E-state index in [1.54, 1.807) is 12.1 Å². The Hall–Kier alpha value is -0.970. The summed E-state index contributed by atoms with van der Waals surface area (Å²) >= 11 is 5.70. The third-order valence-electron chi connectivity index (χ3n) is 1.63. The summed E-state index contributed by atoms with van der Waals surface area (Å²) in [6.07, 6.45) is 0. The van der Waals surface area contributed by atoms with Crippen molar-refractivity contribution in [2.24, 2.45) is 0 Å². The van der Waals surface area contributed by atoms with Gasteiger partial charge in [0.15, 0.2) is 0 Å². The van der Waals surface area contributed by atoms with E-state index in [9.17, 15) is 9.90 Å². The van der Waals surface area contributed by atoms with Gasteiger partial charge in [-0.15, -0.1) is 12.4 Å². The molecule has 0 bridgehead atoms. The molecule has 0 unspecified atom stereocenters. The summed E-state index contributed by atoms with van der Waals surface area (Å²) in [6.45, 7) is 0.130. The molecule has 0 radical (unpaired) electrons. The molecule has 0 fully saturated rings. The topological polar surface area (TPSA) is 69.6 Å². The molecule has 0 aromatic heterocycles. The summed E-state index contributed by atoms with van der Waals surface area (Å²) in [7, 11) is 0. The van der Waals surface area contributed by atoms with Crippen LogP contribution in [0.15, 0.2) is 18.2 Å². The molecule has 0 aliphatic carbocycles. The van der Waals surface area contributed by atoms with Crippen LogP contribution in [-0.2, 0) is 11.3 Å². The standard InChI is InChI=1S/C9H10ClNO3.ClH/c10-7-1-2-8(12)6(3-7)4-11-5-9(13)14;/h1-3,11-12H,4-5H2,(H,13,14);1H. The minimum atomic E-state index is -0.938. The SMILES string of the molecule is Cl.O=C(O)CNCc1cc(Cl)ccc1O. The zero-order valence-electron chi connectivity index (χ0n) is 7.74. The van der Waals surface area contributed by atoms with Crippen LogP contribution in [-0.4, -0.2) is 22.7 Å². The van der Waals surface area contributed by atoms with Crippen molar-refractivity contribution in [1.82, 2.24) is 5.32 Å². The third kappa shape index (κ3) is 4.88. The number of halogens is 2. The number of carbonyl (C=O) groups is 1. The molecule has 0 spiro atoms. The molecule has 0 saturated carbocycles. The number of hydrogen-bond donors (Lipinski definition) is 3. The predicted octanol–water partition coefficient (Wildman–Crippen LogP) is 1.64. The largest absolute Gasteiger partial charge is 0.508 e. The average Bonchev–Trinajstić information content (AvgIpc) is 2.10. The van der Waals surface area contributed by atoms with Gasteiger partial charge in [-0.2, -0.15) is 0 Å². The second-order valence-electron chi connectivity index (χ2n) is 2.77. The number of phenolic OH excluding ortho intramolecular Hbond substituents is 1. The molecule has 6 heteroatoms. The summed E-state index contributed by atoms with van der Waals surface area (Å²) in [5, 5.41) is 20.9. The van der Waals surface area contributed by atoms with Crippen LogP contribution in [0.5, 0.6) is 5.75 Å². The van der Waals surface area contributed by atoms with Crippen molar-refractivity contribution in [3.05, 3.63) is 28.8 Å². The number of nitrogens with one attached hydrogen (secondary N) is 1. The Bertz CT molecular complexity index is 344. The molecular formula is C9H11Cl2NO3. The summed E-state index contributed by atoms with van der Waals surface area (Å²) in [6, 6.07) is 4.63. The van der Waals surface area contributed by atoms with E-state index >= 15 is 0 Å². The van der Waals surface area contributed by atoms with Crippen LogP contribution in [0, 0.1) is 0 Å². The highest BCUT2D eigenvalue weighted by Gasteiger charge is 2.02. The van der Waals surface area contributed by atoms with E-state index in [0.29, 0.717) is 10.6 Å². The van der Waals surface area contributed by atoms with Crippen molar-refractivity contribution in [3.8, 4) is 5.75 Å². The number of carboxylic acid groups (broad SMARTS) is 1. The molecule has 0 amide bonds. The number of hydrogen-bond acceptors (Lipinski definition) is 3. The Balaban J connectivity index is 0.00000196. The van der Waals surface area contributed by atoms with Crippen molar-refractivity contribution in [2.45, 2.75) is 6.54 Å². The van der Waals surface area contributed by atoms with Crippen LogP contribution in [0.1, 0.15) is 5.56 Å². The number of phenols is 1. The first kappa shape index (κ1) is 14.0. The van der Waals surface area contributed by atoms with E-state index in [1.165, 1.54) is 6.07 Å².